The van der Waals surface area contributed by atoms with E-state index in [1.165, 1.54) is 7.11 Å². The Kier molecular flexibility index (Phi) is 3.57. The van der Waals surface area contributed by atoms with Gasteiger partial charge in [-0.1, -0.05) is 13.8 Å². The van der Waals surface area contributed by atoms with E-state index in [0.29, 0.717) is 6.61 Å². The minimum atomic E-state index is -0.912. The molecule has 2 aliphatic rings. The third kappa shape index (κ3) is 1.94. The third-order valence-corrected chi connectivity index (χ3v) is 4.67. The Balaban J connectivity index is 1.96. The second kappa shape index (κ2) is 4.76. The van der Waals surface area contributed by atoms with E-state index >= 15 is 0 Å². The maximum atomic E-state index is 12.3. The molecule has 6 heteroatoms. The van der Waals surface area contributed by atoms with E-state index in [2.05, 4.69) is 10.1 Å². The summed E-state index contributed by atoms with van der Waals surface area (Å²) in [6.07, 6.45) is 1.03. The van der Waals surface area contributed by atoms with Crippen LogP contribution >= 0.6 is 0 Å². The SMILES string of the molecule is COC(=O)CCNC(=O)C1(N)C2CCOC2C1(C)C. The van der Waals surface area contributed by atoms with Gasteiger partial charge in [-0.25, -0.2) is 0 Å². The number of esters is 1. The highest BCUT2D eigenvalue weighted by atomic mass is 16.5. The molecule has 1 amide bonds. The fourth-order valence-corrected chi connectivity index (χ4v) is 3.37. The lowest BCUT2D eigenvalue weighted by atomic mass is 9.48. The van der Waals surface area contributed by atoms with Gasteiger partial charge in [-0.3, -0.25) is 9.59 Å². The normalized spacial score (nSPS) is 35.2. The Labute approximate surface area is 113 Å². The Morgan fingerprint density at radius 2 is 2.16 bits per heavy atom. The maximum absolute atomic E-state index is 12.3. The number of carbonyl (C=O) groups excluding carboxylic acids is 2. The molecule has 3 atom stereocenters. The molecule has 3 N–H and O–H groups in total. The van der Waals surface area contributed by atoms with E-state index in [1.807, 2.05) is 13.8 Å². The smallest absolute Gasteiger partial charge is 0.307 e. The van der Waals surface area contributed by atoms with E-state index < -0.39 is 5.54 Å². The average molecular weight is 270 g/mol. The minimum Gasteiger partial charge on any atom is -0.469 e. The number of amides is 1. The predicted molar refractivity (Wildman–Crippen MR) is 68.2 cm³/mol. The number of fused-ring (bicyclic) bond motifs is 1. The molecule has 2 fully saturated rings. The molecule has 19 heavy (non-hydrogen) atoms. The van der Waals surface area contributed by atoms with Gasteiger partial charge in [0.2, 0.25) is 5.91 Å². The van der Waals surface area contributed by atoms with Gasteiger partial charge in [-0.15, -0.1) is 0 Å². The lowest BCUT2D eigenvalue weighted by Crippen LogP contribution is -2.80. The van der Waals surface area contributed by atoms with Crippen LogP contribution in [0.2, 0.25) is 0 Å². The zero-order chi connectivity index (χ0) is 14.3. The highest BCUT2D eigenvalue weighted by Gasteiger charge is 2.71. The lowest BCUT2D eigenvalue weighted by molar-refractivity contribution is -0.175. The molecule has 0 bridgehead atoms. The summed E-state index contributed by atoms with van der Waals surface area (Å²) in [4.78, 5) is 23.3. The van der Waals surface area contributed by atoms with Crippen molar-refractivity contribution in [3.8, 4) is 0 Å². The molecule has 1 aliphatic heterocycles. The largest absolute Gasteiger partial charge is 0.469 e. The first-order chi connectivity index (χ1) is 8.85. The number of hydrogen-bond donors (Lipinski definition) is 2. The Morgan fingerprint density at radius 1 is 1.47 bits per heavy atom. The average Bonchev–Trinajstić information content (AvgIpc) is 2.85. The van der Waals surface area contributed by atoms with Gasteiger partial charge in [0, 0.05) is 24.5 Å². The van der Waals surface area contributed by atoms with Gasteiger partial charge in [0.1, 0.15) is 5.54 Å². The Hall–Kier alpha value is -1.14. The van der Waals surface area contributed by atoms with Crippen molar-refractivity contribution < 1.29 is 19.1 Å². The summed E-state index contributed by atoms with van der Waals surface area (Å²) in [6, 6.07) is 0. The molecule has 1 heterocycles. The number of nitrogens with one attached hydrogen (secondary N) is 1. The molecule has 0 radical (unpaired) electrons. The van der Waals surface area contributed by atoms with Crippen LogP contribution in [0.3, 0.4) is 0 Å². The van der Waals surface area contributed by atoms with Crippen LogP contribution in [0.5, 0.6) is 0 Å². The summed E-state index contributed by atoms with van der Waals surface area (Å²) >= 11 is 0. The second-order valence-corrected chi connectivity index (χ2v) is 5.86. The molecule has 0 aromatic heterocycles. The fraction of sp³-hybridized carbons (Fsp3) is 0.846. The van der Waals surface area contributed by atoms with E-state index in [0.717, 1.165) is 6.42 Å². The van der Waals surface area contributed by atoms with Gasteiger partial charge in [-0.05, 0) is 6.42 Å². The van der Waals surface area contributed by atoms with Gasteiger partial charge in [0.05, 0.1) is 19.6 Å². The van der Waals surface area contributed by atoms with Crippen molar-refractivity contribution in [2.75, 3.05) is 20.3 Å². The van der Waals surface area contributed by atoms with Crippen LogP contribution in [-0.4, -0.2) is 43.8 Å². The number of nitrogens with two attached hydrogens (primary N) is 1. The molecule has 0 aromatic carbocycles. The Bertz CT molecular complexity index is 396. The third-order valence-electron chi connectivity index (χ3n) is 4.67. The predicted octanol–water partition coefficient (Wildman–Crippen LogP) is -0.192. The summed E-state index contributed by atoms with van der Waals surface area (Å²) in [5, 5.41) is 2.74. The first-order valence-corrected chi connectivity index (χ1v) is 6.61. The van der Waals surface area contributed by atoms with Crippen LogP contribution in [0, 0.1) is 11.3 Å². The van der Waals surface area contributed by atoms with Crippen LogP contribution in [0.25, 0.3) is 0 Å². The molecule has 1 saturated heterocycles. The van der Waals surface area contributed by atoms with Crippen molar-refractivity contribution >= 4 is 11.9 Å². The van der Waals surface area contributed by atoms with Crippen LogP contribution in [0.1, 0.15) is 26.7 Å². The standard InChI is InChI=1S/C13H22N2O4/c1-12(2)10-8(5-7-19-10)13(12,14)11(17)15-6-4-9(16)18-3/h8,10H,4-7,14H2,1-3H3,(H,15,17). The molecular weight excluding hydrogens is 248 g/mol. The van der Waals surface area contributed by atoms with Gasteiger partial charge in [-0.2, -0.15) is 0 Å². The molecule has 0 spiro atoms. The molecule has 2 rings (SSSR count). The second-order valence-electron chi connectivity index (χ2n) is 5.86. The number of hydrogen-bond acceptors (Lipinski definition) is 5. The van der Waals surface area contributed by atoms with Crippen molar-refractivity contribution in [3.05, 3.63) is 0 Å². The van der Waals surface area contributed by atoms with Crippen LogP contribution in [0.4, 0.5) is 0 Å². The minimum absolute atomic E-state index is 0.0591. The van der Waals surface area contributed by atoms with Crippen LogP contribution in [-0.2, 0) is 19.1 Å². The van der Waals surface area contributed by atoms with Crippen LogP contribution < -0.4 is 11.1 Å². The zero-order valence-electron chi connectivity index (χ0n) is 11.7. The van der Waals surface area contributed by atoms with Crippen molar-refractivity contribution in [3.63, 3.8) is 0 Å². The topological polar surface area (TPSA) is 90.7 Å². The molecule has 6 nitrogen and oxygen atoms in total. The molecule has 108 valence electrons. The highest BCUT2D eigenvalue weighted by Crippen LogP contribution is 2.58. The zero-order valence-corrected chi connectivity index (χ0v) is 11.7. The summed E-state index contributed by atoms with van der Waals surface area (Å²) in [5.74, 6) is -0.477. The quantitative estimate of drug-likeness (QED) is 0.691. The number of carbonyl (C=O) groups is 2. The molecule has 1 aliphatic carbocycles. The van der Waals surface area contributed by atoms with Gasteiger partial charge < -0.3 is 20.5 Å². The molecule has 0 aromatic rings. The molecule has 1 saturated carbocycles. The van der Waals surface area contributed by atoms with E-state index in [4.69, 9.17) is 10.5 Å². The summed E-state index contributed by atoms with van der Waals surface area (Å²) in [5.41, 5.74) is 5.05. The highest BCUT2D eigenvalue weighted by molar-refractivity contribution is 5.89. The van der Waals surface area contributed by atoms with Gasteiger partial charge in [0.25, 0.3) is 0 Å². The fourth-order valence-electron chi connectivity index (χ4n) is 3.37. The number of ether oxygens (including phenoxy) is 2. The number of rotatable bonds is 4. The summed E-state index contributed by atoms with van der Waals surface area (Å²) in [6.45, 7) is 4.82. The Morgan fingerprint density at radius 3 is 2.79 bits per heavy atom. The van der Waals surface area contributed by atoms with Crippen molar-refractivity contribution in [2.24, 2.45) is 17.1 Å². The van der Waals surface area contributed by atoms with E-state index in [1.54, 1.807) is 0 Å². The van der Waals surface area contributed by atoms with Gasteiger partial charge >= 0.3 is 5.97 Å². The summed E-state index contributed by atoms with van der Waals surface area (Å²) in [7, 11) is 1.32. The monoisotopic (exact) mass is 270 g/mol. The van der Waals surface area contributed by atoms with Crippen molar-refractivity contribution in [1.82, 2.24) is 5.32 Å². The number of methoxy groups -OCH3 is 1. The van der Waals surface area contributed by atoms with E-state index in [-0.39, 0.29) is 42.3 Å². The van der Waals surface area contributed by atoms with Crippen molar-refractivity contribution in [2.45, 2.75) is 38.3 Å². The lowest BCUT2D eigenvalue weighted by Gasteiger charge is -2.60. The maximum Gasteiger partial charge on any atom is 0.307 e. The molecular formula is C13H22N2O4. The molecule has 3 unspecified atom stereocenters. The summed E-state index contributed by atoms with van der Waals surface area (Å²) < 4.78 is 10.2. The van der Waals surface area contributed by atoms with E-state index in [9.17, 15) is 9.59 Å². The van der Waals surface area contributed by atoms with Gasteiger partial charge in [0.15, 0.2) is 0 Å². The van der Waals surface area contributed by atoms with Crippen LogP contribution in [0.15, 0.2) is 0 Å². The first-order valence-electron chi connectivity index (χ1n) is 6.61. The first kappa shape index (κ1) is 14.3. The van der Waals surface area contributed by atoms with Crippen molar-refractivity contribution in [1.29, 1.82) is 0 Å².